The Kier molecular flexibility index (Phi) is 2.87. The van der Waals surface area contributed by atoms with Gasteiger partial charge in [0.25, 0.3) is 0 Å². The van der Waals surface area contributed by atoms with E-state index < -0.39 is 15.8 Å². The molecule has 0 fully saturated rings. The van der Waals surface area contributed by atoms with Crippen LogP contribution in [0.5, 0.6) is 0 Å². The van der Waals surface area contributed by atoms with E-state index in [1.54, 1.807) is 0 Å². The summed E-state index contributed by atoms with van der Waals surface area (Å²) in [4.78, 5) is 0.216. The third kappa shape index (κ3) is 2.15. The molecule has 0 bridgehead atoms. The second-order valence-corrected chi connectivity index (χ2v) is 3.97. The number of rotatable bonds is 1. The van der Waals surface area contributed by atoms with Gasteiger partial charge in [-0.3, -0.25) is 0 Å². The van der Waals surface area contributed by atoms with E-state index in [4.69, 9.17) is 22.3 Å². The lowest BCUT2D eigenvalue weighted by molar-refractivity contribution is 0.623. The van der Waals surface area contributed by atoms with Crippen LogP contribution in [0.25, 0.3) is 0 Å². The fourth-order valence-corrected chi connectivity index (χ4v) is 1.35. The van der Waals surface area contributed by atoms with Gasteiger partial charge in [-0.15, -0.1) is 0 Å². The van der Waals surface area contributed by atoms with Crippen molar-refractivity contribution < 1.29 is 8.60 Å². The average Bonchev–Trinajstić information content (AvgIpc) is 1.94. The van der Waals surface area contributed by atoms with Crippen LogP contribution in [-0.2, 0) is 10.0 Å². The van der Waals surface area contributed by atoms with Crippen molar-refractivity contribution in [2.24, 2.45) is 0 Å². The highest BCUT2D eigenvalue weighted by atomic mass is 35.7. The largest absolute Gasteiger partial charge is 0.237 e. The maximum Gasteiger partial charge on any atom is 0.147 e. The molecular formula is C6H3Cl2FOS. The Hall–Kier alpha value is -0.120. The molecule has 1 aromatic carbocycles. The lowest BCUT2D eigenvalue weighted by Crippen LogP contribution is -1.83. The minimum Gasteiger partial charge on any atom is -0.237 e. The van der Waals surface area contributed by atoms with Gasteiger partial charge in [-0.1, -0.05) is 11.6 Å². The average molecular weight is 213 g/mol. The zero-order valence-electron chi connectivity index (χ0n) is 5.18. The lowest BCUT2D eigenvalue weighted by Gasteiger charge is -1.95. The Bertz CT molecular complexity index is 303. The molecule has 1 atom stereocenters. The zero-order chi connectivity index (χ0) is 8.43. The van der Waals surface area contributed by atoms with Gasteiger partial charge in [-0.2, -0.15) is 0 Å². The SMILES string of the molecule is O=S(Cl)c1ccc(Cl)c(F)c1. The van der Waals surface area contributed by atoms with Crippen LogP contribution in [0.4, 0.5) is 4.39 Å². The van der Waals surface area contributed by atoms with E-state index >= 15 is 0 Å². The topological polar surface area (TPSA) is 17.1 Å². The Morgan fingerprint density at radius 3 is 2.55 bits per heavy atom. The summed E-state index contributed by atoms with van der Waals surface area (Å²) in [7, 11) is 3.52. The quantitative estimate of drug-likeness (QED) is 0.655. The summed E-state index contributed by atoms with van der Waals surface area (Å²) in [6, 6.07) is 3.77. The van der Waals surface area contributed by atoms with Gasteiger partial charge in [0.05, 0.1) is 9.92 Å². The molecule has 5 heteroatoms. The first-order valence-corrected chi connectivity index (χ1v) is 5.00. The summed E-state index contributed by atoms with van der Waals surface area (Å²) in [5.74, 6) is -0.613. The maximum atomic E-state index is 12.6. The molecule has 0 aliphatic rings. The molecule has 60 valence electrons. The van der Waals surface area contributed by atoms with E-state index in [-0.39, 0.29) is 9.92 Å². The highest BCUT2D eigenvalue weighted by molar-refractivity contribution is 8.08. The van der Waals surface area contributed by atoms with Crippen LogP contribution in [0.2, 0.25) is 5.02 Å². The summed E-state index contributed by atoms with van der Waals surface area (Å²) >= 11 is 5.37. The molecule has 0 aliphatic carbocycles. The number of halogens is 3. The summed E-state index contributed by atoms with van der Waals surface area (Å²) in [5.41, 5.74) is 0. The van der Waals surface area contributed by atoms with E-state index in [2.05, 4.69) is 0 Å². The van der Waals surface area contributed by atoms with Crippen molar-refractivity contribution in [3.8, 4) is 0 Å². The van der Waals surface area contributed by atoms with Crippen LogP contribution in [0.15, 0.2) is 23.1 Å². The fraction of sp³-hybridized carbons (Fsp3) is 0. The van der Waals surface area contributed by atoms with Crippen LogP contribution in [0.3, 0.4) is 0 Å². The molecule has 1 aromatic rings. The first kappa shape index (κ1) is 8.97. The molecule has 0 amide bonds. The highest BCUT2D eigenvalue weighted by Gasteiger charge is 2.03. The Balaban J connectivity index is 3.15. The van der Waals surface area contributed by atoms with E-state index in [9.17, 15) is 8.60 Å². The van der Waals surface area contributed by atoms with Crippen molar-refractivity contribution in [3.63, 3.8) is 0 Å². The van der Waals surface area contributed by atoms with Gasteiger partial charge in [0.1, 0.15) is 15.8 Å². The molecule has 0 radical (unpaired) electrons. The van der Waals surface area contributed by atoms with Crippen molar-refractivity contribution in [2.45, 2.75) is 4.90 Å². The molecule has 1 unspecified atom stereocenters. The minimum absolute atomic E-state index is 0.00383. The van der Waals surface area contributed by atoms with Crippen molar-refractivity contribution in [2.75, 3.05) is 0 Å². The van der Waals surface area contributed by atoms with Crippen LogP contribution in [-0.4, -0.2) is 4.21 Å². The van der Waals surface area contributed by atoms with Crippen molar-refractivity contribution in [1.29, 1.82) is 0 Å². The van der Waals surface area contributed by atoms with E-state index in [1.807, 2.05) is 0 Å². The molecule has 1 rings (SSSR count). The Morgan fingerprint density at radius 2 is 2.09 bits per heavy atom. The number of hydrogen-bond acceptors (Lipinski definition) is 1. The zero-order valence-corrected chi connectivity index (χ0v) is 7.51. The van der Waals surface area contributed by atoms with Gasteiger partial charge < -0.3 is 0 Å². The monoisotopic (exact) mass is 212 g/mol. The van der Waals surface area contributed by atoms with Gasteiger partial charge in [0.15, 0.2) is 0 Å². The predicted octanol–water partition coefficient (Wildman–Crippen LogP) is 2.74. The summed E-state index contributed by atoms with van der Waals surface area (Å²) in [6.07, 6.45) is 0. The summed E-state index contributed by atoms with van der Waals surface area (Å²) in [5, 5.41) is -0.00383. The van der Waals surface area contributed by atoms with Gasteiger partial charge in [0, 0.05) is 0 Å². The highest BCUT2D eigenvalue weighted by Crippen LogP contribution is 2.18. The van der Waals surface area contributed by atoms with Crippen molar-refractivity contribution in [1.82, 2.24) is 0 Å². The molecule has 0 heterocycles. The Labute approximate surface area is 75.1 Å². The molecule has 11 heavy (non-hydrogen) atoms. The third-order valence-electron chi connectivity index (χ3n) is 1.08. The molecule has 0 N–H and O–H groups in total. The van der Waals surface area contributed by atoms with Gasteiger partial charge in [-0.25, -0.2) is 8.60 Å². The molecule has 0 aromatic heterocycles. The van der Waals surface area contributed by atoms with Gasteiger partial charge in [0.2, 0.25) is 0 Å². The smallest absolute Gasteiger partial charge is 0.147 e. The fourth-order valence-electron chi connectivity index (χ4n) is 0.577. The second-order valence-electron chi connectivity index (χ2n) is 1.80. The molecule has 0 saturated carbocycles. The summed E-state index contributed by atoms with van der Waals surface area (Å²) < 4.78 is 23.2. The number of hydrogen-bond donors (Lipinski definition) is 0. The molecule has 0 spiro atoms. The Morgan fingerprint density at radius 1 is 1.45 bits per heavy atom. The molecular weight excluding hydrogens is 210 g/mol. The van der Waals surface area contributed by atoms with Crippen LogP contribution in [0.1, 0.15) is 0 Å². The maximum absolute atomic E-state index is 12.6. The molecule has 0 saturated heterocycles. The standard InChI is InChI=1S/C6H3Cl2FOS/c7-5-2-1-4(11(8)10)3-6(5)9/h1-3H. The normalized spacial score (nSPS) is 13.0. The predicted molar refractivity (Wildman–Crippen MR) is 43.7 cm³/mol. The summed E-state index contributed by atoms with van der Waals surface area (Å²) in [6.45, 7) is 0. The van der Waals surface area contributed by atoms with Crippen molar-refractivity contribution >= 4 is 32.3 Å². The van der Waals surface area contributed by atoms with Crippen LogP contribution >= 0.6 is 22.3 Å². The van der Waals surface area contributed by atoms with Gasteiger partial charge in [-0.05, 0) is 28.9 Å². The molecule has 0 aliphatic heterocycles. The first-order valence-electron chi connectivity index (χ1n) is 2.64. The van der Waals surface area contributed by atoms with E-state index in [0.717, 1.165) is 6.07 Å². The molecule has 1 nitrogen and oxygen atoms in total. The first-order chi connectivity index (χ1) is 5.11. The number of benzene rings is 1. The van der Waals surface area contributed by atoms with Crippen LogP contribution < -0.4 is 0 Å². The lowest BCUT2D eigenvalue weighted by atomic mass is 10.3. The van der Waals surface area contributed by atoms with Crippen LogP contribution in [0, 0.1) is 5.82 Å². The van der Waals surface area contributed by atoms with Gasteiger partial charge >= 0.3 is 0 Å². The third-order valence-corrected chi connectivity index (χ3v) is 2.54. The second kappa shape index (κ2) is 3.52. The van der Waals surface area contributed by atoms with E-state index in [1.165, 1.54) is 12.1 Å². The minimum atomic E-state index is -1.67. The van der Waals surface area contributed by atoms with E-state index in [0.29, 0.717) is 0 Å². The van der Waals surface area contributed by atoms with Crippen molar-refractivity contribution in [3.05, 3.63) is 29.0 Å².